The molecule has 4 heterocycles. The minimum Gasteiger partial charge on any atom is -0.385 e. The number of H-pyrrole nitrogens is 1. The highest BCUT2D eigenvalue weighted by Crippen LogP contribution is 2.49. The zero-order valence-electron chi connectivity index (χ0n) is 19.7. The molecular weight excluding hydrogens is 438 g/mol. The summed E-state index contributed by atoms with van der Waals surface area (Å²) >= 11 is 0. The van der Waals surface area contributed by atoms with Gasteiger partial charge in [0.15, 0.2) is 0 Å². The number of aromatic nitrogens is 2. The lowest BCUT2D eigenvalue weighted by Gasteiger charge is -2.29. The maximum absolute atomic E-state index is 13.3. The number of aromatic amines is 1. The quantitative estimate of drug-likeness (QED) is 0.387. The number of rotatable bonds is 7. The van der Waals surface area contributed by atoms with E-state index >= 15 is 0 Å². The first-order chi connectivity index (χ1) is 17.0. The maximum atomic E-state index is 13.3. The van der Waals surface area contributed by atoms with Crippen LogP contribution in [0.2, 0.25) is 0 Å². The van der Waals surface area contributed by atoms with Crippen molar-refractivity contribution in [2.24, 2.45) is 11.8 Å². The van der Waals surface area contributed by atoms with Crippen LogP contribution in [-0.2, 0) is 0 Å². The molecule has 3 aromatic heterocycles. The van der Waals surface area contributed by atoms with Crippen LogP contribution in [0.3, 0.4) is 0 Å². The van der Waals surface area contributed by atoms with Crippen molar-refractivity contribution in [3.8, 4) is 0 Å². The first kappa shape index (κ1) is 21.5. The van der Waals surface area contributed by atoms with Gasteiger partial charge in [0.05, 0.1) is 17.6 Å². The summed E-state index contributed by atoms with van der Waals surface area (Å²) in [4.78, 5) is 31.3. The molecule has 2 amide bonds. The Morgan fingerprint density at radius 3 is 2.83 bits per heavy atom. The minimum absolute atomic E-state index is 0.0819. The van der Waals surface area contributed by atoms with Gasteiger partial charge in [-0.3, -0.25) is 9.59 Å². The van der Waals surface area contributed by atoms with Crippen LogP contribution in [0, 0.1) is 11.8 Å². The number of hydrogen-bond acceptors (Lipinski definition) is 3. The third-order valence-electron chi connectivity index (χ3n) is 7.50. The molecule has 4 atom stereocenters. The van der Waals surface area contributed by atoms with E-state index in [2.05, 4.69) is 22.2 Å². The Hall–Kier alpha value is -4.00. The number of para-hydroxylation sites is 1. The standard InChI is InChI=1S/C28H29N5O2/c1-17(18(2)30-27(34)25-13-19-7-3-4-9-24(19)31-25)29-14-26-23-12-20(23)16-33(26)28(35)21-11-22-8-5-6-10-32(22)15-21/h3-11,13,15,18,20,23,26,29,31H,1,12,14,16H2,2H3,(H,30,34)/t18-,20?,23?,26?/m0/s1. The molecule has 1 aromatic carbocycles. The van der Waals surface area contributed by atoms with Gasteiger partial charge in [-0.2, -0.15) is 0 Å². The molecule has 2 aliphatic rings. The van der Waals surface area contributed by atoms with Gasteiger partial charge in [-0.1, -0.05) is 30.8 Å². The molecule has 2 fully saturated rings. The maximum Gasteiger partial charge on any atom is 0.268 e. The number of carbonyl (C=O) groups is 2. The second-order valence-corrected chi connectivity index (χ2v) is 9.82. The lowest BCUT2D eigenvalue weighted by atomic mass is 10.1. The average molecular weight is 468 g/mol. The Labute approximate surface area is 203 Å². The minimum atomic E-state index is -0.258. The first-order valence-electron chi connectivity index (χ1n) is 12.2. The highest BCUT2D eigenvalue weighted by atomic mass is 16.2. The third kappa shape index (κ3) is 3.97. The fourth-order valence-electron chi connectivity index (χ4n) is 5.35. The number of carbonyl (C=O) groups excluding carboxylic acids is 2. The Morgan fingerprint density at radius 2 is 2.00 bits per heavy atom. The zero-order valence-corrected chi connectivity index (χ0v) is 19.7. The van der Waals surface area contributed by atoms with E-state index < -0.39 is 0 Å². The Kier molecular flexibility index (Phi) is 5.13. The van der Waals surface area contributed by atoms with Gasteiger partial charge in [0.2, 0.25) is 0 Å². The van der Waals surface area contributed by atoms with Crippen LogP contribution >= 0.6 is 0 Å². The predicted octanol–water partition coefficient (Wildman–Crippen LogP) is 3.80. The highest BCUT2D eigenvalue weighted by molar-refractivity contribution is 5.98. The van der Waals surface area contributed by atoms with E-state index in [1.807, 2.05) is 83.2 Å². The molecular formula is C28H29N5O2. The average Bonchev–Trinajstić information content (AvgIpc) is 3.22. The van der Waals surface area contributed by atoms with Gasteiger partial charge in [0.25, 0.3) is 11.8 Å². The van der Waals surface area contributed by atoms with Gasteiger partial charge in [-0.15, -0.1) is 0 Å². The van der Waals surface area contributed by atoms with Crippen molar-refractivity contribution in [3.63, 3.8) is 0 Å². The fourth-order valence-corrected chi connectivity index (χ4v) is 5.35. The number of amides is 2. The molecule has 0 bridgehead atoms. The van der Waals surface area contributed by atoms with E-state index in [-0.39, 0.29) is 23.9 Å². The molecule has 1 saturated carbocycles. The van der Waals surface area contributed by atoms with Gasteiger partial charge in [0, 0.05) is 47.6 Å². The lowest BCUT2D eigenvalue weighted by molar-refractivity contribution is 0.0707. The molecule has 0 radical (unpaired) electrons. The molecule has 1 aliphatic carbocycles. The summed E-state index contributed by atoms with van der Waals surface area (Å²) in [5, 5.41) is 7.43. The molecule has 7 nitrogen and oxygen atoms in total. The summed E-state index contributed by atoms with van der Waals surface area (Å²) in [6.07, 6.45) is 5.04. The molecule has 35 heavy (non-hydrogen) atoms. The largest absolute Gasteiger partial charge is 0.385 e. The Balaban J connectivity index is 1.08. The van der Waals surface area contributed by atoms with Crippen LogP contribution in [0.25, 0.3) is 16.4 Å². The zero-order chi connectivity index (χ0) is 24.1. The van der Waals surface area contributed by atoms with E-state index in [1.165, 1.54) is 6.42 Å². The van der Waals surface area contributed by atoms with Crippen molar-refractivity contribution in [2.45, 2.75) is 25.4 Å². The van der Waals surface area contributed by atoms with E-state index in [1.54, 1.807) is 0 Å². The summed E-state index contributed by atoms with van der Waals surface area (Å²) in [6.45, 7) is 7.51. The number of fused-ring (bicyclic) bond motifs is 3. The van der Waals surface area contributed by atoms with Crippen molar-refractivity contribution in [1.82, 2.24) is 24.9 Å². The molecule has 0 spiro atoms. The number of nitrogens with one attached hydrogen (secondary N) is 3. The summed E-state index contributed by atoms with van der Waals surface area (Å²) in [5.74, 6) is 1.04. The predicted molar refractivity (Wildman–Crippen MR) is 136 cm³/mol. The molecule has 7 heteroatoms. The van der Waals surface area contributed by atoms with Gasteiger partial charge in [-0.25, -0.2) is 0 Å². The SMILES string of the molecule is C=C(NCC1C2CC2CN1C(=O)c1cc2ccccn2c1)[C@H](C)NC(=O)c1cc2ccccc2[nH]1. The van der Waals surface area contributed by atoms with E-state index in [4.69, 9.17) is 0 Å². The molecule has 3 unspecified atom stereocenters. The number of piperidine rings is 1. The van der Waals surface area contributed by atoms with E-state index in [0.29, 0.717) is 24.1 Å². The smallest absolute Gasteiger partial charge is 0.268 e. The third-order valence-corrected chi connectivity index (χ3v) is 7.50. The number of hydrogen-bond donors (Lipinski definition) is 3. The monoisotopic (exact) mass is 467 g/mol. The topological polar surface area (TPSA) is 81.6 Å². The van der Waals surface area contributed by atoms with Crippen molar-refractivity contribution >= 4 is 28.2 Å². The number of benzene rings is 1. The highest BCUT2D eigenvalue weighted by Gasteiger charge is 2.53. The molecule has 1 saturated heterocycles. The van der Waals surface area contributed by atoms with Crippen LogP contribution in [0.15, 0.2) is 79.3 Å². The van der Waals surface area contributed by atoms with Crippen LogP contribution in [0.4, 0.5) is 0 Å². The second-order valence-electron chi connectivity index (χ2n) is 9.82. The fraction of sp³-hybridized carbons (Fsp3) is 0.286. The Morgan fingerprint density at radius 1 is 1.17 bits per heavy atom. The van der Waals surface area contributed by atoms with Crippen molar-refractivity contribution < 1.29 is 9.59 Å². The summed E-state index contributed by atoms with van der Waals surface area (Å²) in [5.41, 5.74) is 3.94. The van der Waals surface area contributed by atoms with Crippen LogP contribution in [0.5, 0.6) is 0 Å². The van der Waals surface area contributed by atoms with Gasteiger partial charge >= 0.3 is 0 Å². The van der Waals surface area contributed by atoms with Crippen molar-refractivity contribution in [2.75, 3.05) is 13.1 Å². The van der Waals surface area contributed by atoms with Crippen molar-refractivity contribution in [1.29, 1.82) is 0 Å². The summed E-state index contributed by atoms with van der Waals surface area (Å²) in [7, 11) is 0. The second kappa shape index (κ2) is 8.34. The van der Waals surface area contributed by atoms with Crippen LogP contribution in [-0.4, -0.2) is 51.3 Å². The molecule has 3 N–H and O–H groups in total. The normalized spacial score (nSPS) is 21.6. The first-order valence-corrected chi connectivity index (χ1v) is 12.2. The molecule has 4 aromatic rings. The van der Waals surface area contributed by atoms with Crippen molar-refractivity contribution in [3.05, 3.63) is 90.5 Å². The molecule has 6 rings (SSSR count). The summed E-state index contributed by atoms with van der Waals surface area (Å²) < 4.78 is 1.98. The number of pyridine rings is 1. The van der Waals surface area contributed by atoms with Crippen LogP contribution in [0.1, 0.15) is 34.2 Å². The van der Waals surface area contributed by atoms with Gasteiger partial charge < -0.3 is 24.9 Å². The number of nitrogens with zero attached hydrogens (tertiary/aromatic N) is 2. The lowest BCUT2D eigenvalue weighted by Crippen LogP contribution is -2.46. The van der Waals surface area contributed by atoms with Gasteiger partial charge in [-0.05, 0) is 55.5 Å². The summed E-state index contributed by atoms with van der Waals surface area (Å²) in [6, 6.07) is 17.4. The molecule has 178 valence electrons. The van der Waals surface area contributed by atoms with Gasteiger partial charge in [0.1, 0.15) is 5.69 Å². The van der Waals surface area contributed by atoms with E-state index in [9.17, 15) is 9.59 Å². The Bertz CT molecular complexity index is 1380. The number of likely N-dealkylation sites (tertiary alicyclic amines) is 1. The molecule has 1 aliphatic heterocycles. The van der Waals surface area contributed by atoms with E-state index in [0.717, 1.165) is 34.2 Å². The van der Waals surface area contributed by atoms with Crippen LogP contribution < -0.4 is 10.6 Å².